The van der Waals surface area contributed by atoms with Crippen molar-refractivity contribution >= 4 is 11.0 Å². The summed E-state index contributed by atoms with van der Waals surface area (Å²) in [5.74, 6) is 1.51. The molecule has 0 atom stereocenters. The van der Waals surface area contributed by atoms with Crippen LogP contribution in [-0.2, 0) is 0 Å². The van der Waals surface area contributed by atoms with E-state index in [1.165, 1.54) is 49.7 Å². The van der Waals surface area contributed by atoms with Gasteiger partial charge in [-0.25, -0.2) is 0 Å². The lowest BCUT2D eigenvalue weighted by Crippen LogP contribution is -2.01. The topological polar surface area (TPSA) is 69.4 Å². The minimum atomic E-state index is 0.0914. The van der Waals surface area contributed by atoms with Gasteiger partial charge in [-0.3, -0.25) is 0 Å². The van der Waals surface area contributed by atoms with Gasteiger partial charge in [-0.15, -0.1) is 15.0 Å². The number of rotatable bonds is 13. The van der Waals surface area contributed by atoms with E-state index in [1.807, 2.05) is 31.2 Å². The Morgan fingerprint density at radius 3 is 2.17 bits per heavy atom. The molecular weight excluding hydrogens is 378 g/mol. The Balaban J connectivity index is 1.51. The molecule has 162 valence electrons. The maximum atomic E-state index is 10.4. The molecule has 6 heteroatoms. The Hall–Kier alpha value is -2.76. The third-order valence-corrected chi connectivity index (χ3v) is 5.09. The fourth-order valence-corrected chi connectivity index (χ4v) is 3.45. The van der Waals surface area contributed by atoms with Crippen LogP contribution < -0.4 is 9.47 Å². The SMILES string of the molecule is CCCCCCCCCCOc1ccc(-n2nc3ccc(OCC)cc3n2)c(O)c1. The molecule has 3 rings (SSSR count). The van der Waals surface area contributed by atoms with Gasteiger partial charge in [-0.1, -0.05) is 51.9 Å². The quantitative estimate of drug-likeness (QED) is 0.347. The van der Waals surface area contributed by atoms with Crippen molar-refractivity contribution in [3.05, 3.63) is 36.4 Å². The molecule has 0 saturated carbocycles. The van der Waals surface area contributed by atoms with Gasteiger partial charge in [0.1, 0.15) is 34.0 Å². The predicted octanol–water partition coefficient (Wildman–Crippen LogP) is 6.04. The number of aromatic hydroxyl groups is 1. The van der Waals surface area contributed by atoms with Crippen LogP contribution in [0.2, 0.25) is 0 Å². The van der Waals surface area contributed by atoms with Crippen molar-refractivity contribution in [2.75, 3.05) is 13.2 Å². The zero-order valence-electron chi connectivity index (χ0n) is 18.1. The van der Waals surface area contributed by atoms with Gasteiger partial charge in [0.15, 0.2) is 0 Å². The largest absolute Gasteiger partial charge is 0.505 e. The zero-order valence-corrected chi connectivity index (χ0v) is 18.1. The van der Waals surface area contributed by atoms with Crippen molar-refractivity contribution in [1.29, 1.82) is 0 Å². The number of unbranched alkanes of at least 4 members (excludes halogenated alkanes) is 7. The highest BCUT2D eigenvalue weighted by atomic mass is 16.5. The summed E-state index contributed by atoms with van der Waals surface area (Å²) in [6, 6.07) is 10.8. The maximum absolute atomic E-state index is 10.4. The van der Waals surface area contributed by atoms with Crippen LogP contribution in [0, 0.1) is 0 Å². The minimum Gasteiger partial charge on any atom is -0.505 e. The number of fused-ring (bicyclic) bond motifs is 1. The van der Waals surface area contributed by atoms with Crippen molar-refractivity contribution in [3.8, 4) is 22.9 Å². The second-order valence-electron chi connectivity index (χ2n) is 7.55. The summed E-state index contributed by atoms with van der Waals surface area (Å²) in [6.07, 6.45) is 10.1. The van der Waals surface area contributed by atoms with Crippen molar-refractivity contribution in [3.63, 3.8) is 0 Å². The van der Waals surface area contributed by atoms with E-state index in [0.29, 0.717) is 24.7 Å². The molecule has 0 saturated heterocycles. The second kappa shape index (κ2) is 11.4. The Morgan fingerprint density at radius 1 is 0.767 bits per heavy atom. The highest BCUT2D eigenvalue weighted by Crippen LogP contribution is 2.27. The van der Waals surface area contributed by atoms with E-state index >= 15 is 0 Å². The van der Waals surface area contributed by atoms with Gasteiger partial charge in [-0.2, -0.15) is 0 Å². The summed E-state index contributed by atoms with van der Waals surface area (Å²) < 4.78 is 11.3. The molecule has 0 aliphatic heterocycles. The van der Waals surface area contributed by atoms with E-state index in [-0.39, 0.29) is 5.75 Å². The number of aromatic nitrogens is 3. The van der Waals surface area contributed by atoms with Crippen LogP contribution in [-0.4, -0.2) is 33.3 Å². The molecule has 0 unspecified atom stereocenters. The van der Waals surface area contributed by atoms with E-state index < -0.39 is 0 Å². The third-order valence-electron chi connectivity index (χ3n) is 5.09. The summed E-state index contributed by atoms with van der Waals surface area (Å²) in [5.41, 5.74) is 1.98. The molecule has 6 nitrogen and oxygen atoms in total. The number of benzene rings is 2. The van der Waals surface area contributed by atoms with Crippen molar-refractivity contribution in [2.24, 2.45) is 0 Å². The van der Waals surface area contributed by atoms with Gasteiger partial charge in [0.2, 0.25) is 0 Å². The van der Waals surface area contributed by atoms with Crippen molar-refractivity contribution in [1.82, 2.24) is 15.0 Å². The molecule has 0 fully saturated rings. The summed E-state index contributed by atoms with van der Waals surface area (Å²) >= 11 is 0. The monoisotopic (exact) mass is 411 g/mol. The fourth-order valence-electron chi connectivity index (χ4n) is 3.45. The van der Waals surface area contributed by atoms with Crippen LogP contribution in [0.15, 0.2) is 36.4 Å². The number of hydrogen-bond acceptors (Lipinski definition) is 5. The first kappa shape index (κ1) is 21.9. The van der Waals surface area contributed by atoms with Crippen LogP contribution >= 0.6 is 0 Å². The summed E-state index contributed by atoms with van der Waals surface area (Å²) in [5, 5.41) is 19.4. The molecule has 0 radical (unpaired) electrons. The Bertz CT molecular complexity index is 923. The zero-order chi connectivity index (χ0) is 21.2. The van der Waals surface area contributed by atoms with Crippen LogP contribution in [0.1, 0.15) is 65.2 Å². The normalized spacial score (nSPS) is 11.1. The minimum absolute atomic E-state index is 0.0914. The first-order valence-electron chi connectivity index (χ1n) is 11.2. The van der Waals surface area contributed by atoms with Crippen LogP contribution in [0.3, 0.4) is 0 Å². The molecule has 1 N–H and O–H groups in total. The number of nitrogens with zero attached hydrogens (tertiary/aromatic N) is 3. The summed E-state index contributed by atoms with van der Waals surface area (Å²) in [7, 11) is 0. The Morgan fingerprint density at radius 2 is 1.43 bits per heavy atom. The molecular formula is C24H33N3O3. The van der Waals surface area contributed by atoms with Gasteiger partial charge in [0, 0.05) is 12.1 Å². The molecule has 2 aromatic carbocycles. The molecule has 0 bridgehead atoms. The predicted molar refractivity (Wildman–Crippen MR) is 120 cm³/mol. The lowest BCUT2D eigenvalue weighted by atomic mass is 10.1. The van der Waals surface area contributed by atoms with Gasteiger partial charge in [-0.05, 0) is 37.6 Å². The molecule has 0 spiro atoms. The molecule has 0 aliphatic carbocycles. The Kier molecular flexibility index (Phi) is 8.36. The van der Waals surface area contributed by atoms with Gasteiger partial charge >= 0.3 is 0 Å². The molecule has 1 heterocycles. The summed E-state index contributed by atoms with van der Waals surface area (Å²) in [6.45, 7) is 5.45. The number of ether oxygens (including phenoxy) is 2. The first-order chi connectivity index (χ1) is 14.7. The molecule has 30 heavy (non-hydrogen) atoms. The van der Waals surface area contributed by atoms with Crippen molar-refractivity contribution < 1.29 is 14.6 Å². The van der Waals surface area contributed by atoms with Crippen LogP contribution in [0.5, 0.6) is 17.2 Å². The number of phenolic OH excluding ortho intramolecular Hbond substituents is 1. The van der Waals surface area contributed by atoms with E-state index in [0.717, 1.165) is 23.2 Å². The van der Waals surface area contributed by atoms with Gasteiger partial charge in [0.25, 0.3) is 0 Å². The van der Waals surface area contributed by atoms with Gasteiger partial charge in [0.05, 0.1) is 13.2 Å². The highest BCUT2D eigenvalue weighted by molar-refractivity contribution is 5.75. The molecule has 3 aromatic rings. The van der Waals surface area contributed by atoms with E-state index in [1.54, 1.807) is 12.1 Å². The fraction of sp³-hybridized carbons (Fsp3) is 0.500. The lowest BCUT2D eigenvalue weighted by molar-refractivity contribution is 0.302. The van der Waals surface area contributed by atoms with E-state index in [4.69, 9.17) is 9.47 Å². The highest BCUT2D eigenvalue weighted by Gasteiger charge is 2.11. The Labute approximate surface area is 178 Å². The standard InChI is InChI=1S/C24H33N3O3/c1-3-5-6-7-8-9-10-11-16-30-20-13-15-23(24(28)18-20)27-25-21-14-12-19(29-4-2)17-22(21)26-27/h12-15,17-18,28H,3-11,16H2,1-2H3. The van der Waals surface area contributed by atoms with Crippen LogP contribution in [0.25, 0.3) is 16.7 Å². The molecule has 0 amide bonds. The average Bonchev–Trinajstić information content (AvgIpc) is 3.16. The van der Waals surface area contributed by atoms with E-state index in [9.17, 15) is 5.11 Å². The van der Waals surface area contributed by atoms with Crippen molar-refractivity contribution in [2.45, 2.75) is 65.2 Å². The van der Waals surface area contributed by atoms with E-state index in [2.05, 4.69) is 17.1 Å². The first-order valence-corrected chi connectivity index (χ1v) is 11.2. The van der Waals surface area contributed by atoms with Gasteiger partial charge < -0.3 is 14.6 Å². The number of phenols is 1. The smallest absolute Gasteiger partial charge is 0.146 e. The lowest BCUT2D eigenvalue weighted by Gasteiger charge is -2.09. The third kappa shape index (κ3) is 6.12. The maximum Gasteiger partial charge on any atom is 0.146 e. The molecule has 0 aliphatic rings. The number of hydrogen-bond donors (Lipinski definition) is 1. The molecule has 1 aromatic heterocycles. The van der Waals surface area contributed by atoms with Crippen LogP contribution in [0.4, 0.5) is 0 Å². The second-order valence-corrected chi connectivity index (χ2v) is 7.55. The summed E-state index contributed by atoms with van der Waals surface area (Å²) in [4.78, 5) is 1.44. The average molecular weight is 412 g/mol.